The second kappa shape index (κ2) is 4.29. The molecule has 0 fully saturated rings. The first-order valence-electron chi connectivity index (χ1n) is 4.65. The molecule has 1 rings (SSSR count). The van der Waals surface area contributed by atoms with E-state index in [4.69, 9.17) is 4.74 Å². The highest BCUT2D eigenvalue weighted by molar-refractivity contribution is 5.84. The van der Waals surface area contributed by atoms with E-state index in [0.717, 1.165) is 18.6 Å². The Kier molecular flexibility index (Phi) is 3.32. The SMILES string of the molecule is CCOC1=CCCC(=O)C1CC. The number of carbonyl (C=O) groups excluding carboxylic acids is 1. The van der Waals surface area contributed by atoms with Gasteiger partial charge in [-0.25, -0.2) is 0 Å². The van der Waals surface area contributed by atoms with Crippen molar-refractivity contribution in [2.45, 2.75) is 33.1 Å². The summed E-state index contributed by atoms with van der Waals surface area (Å²) < 4.78 is 5.40. The first kappa shape index (κ1) is 9.30. The fourth-order valence-corrected chi connectivity index (χ4v) is 1.59. The van der Waals surface area contributed by atoms with Gasteiger partial charge in [-0.2, -0.15) is 0 Å². The molecule has 0 bridgehead atoms. The molecule has 0 aromatic carbocycles. The number of Topliss-reactive ketones (excluding diaryl/α,β-unsaturated/α-hetero) is 1. The molecule has 0 spiro atoms. The molecule has 0 saturated carbocycles. The summed E-state index contributed by atoms with van der Waals surface area (Å²) in [6.45, 7) is 4.64. The van der Waals surface area contributed by atoms with E-state index in [1.165, 1.54) is 0 Å². The van der Waals surface area contributed by atoms with Crippen LogP contribution in [0.5, 0.6) is 0 Å². The van der Waals surface area contributed by atoms with Crippen molar-refractivity contribution in [2.75, 3.05) is 6.61 Å². The third-order valence-corrected chi connectivity index (χ3v) is 2.19. The van der Waals surface area contributed by atoms with Gasteiger partial charge in [0.05, 0.1) is 12.5 Å². The topological polar surface area (TPSA) is 26.3 Å². The Morgan fingerprint density at radius 3 is 2.92 bits per heavy atom. The predicted molar refractivity (Wildman–Crippen MR) is 47.7 cm³/mol. The maximum atomic E-state index is 11.4. The van der Waals surface area contributed by atoms with Crippen LogP contribution in [-0.2, 0) is 9.53 Å². The van der Waals surface area contributed by atoms with Crippen LogP contribution in [-0.4, -0.2) is 12.4 Å². The van der Waals surface area contributed by atoms with E-state index in [2.05, 4.69) is 6.08 Å². The molecule has 2 heteroatoms. The third-order valence-electron chi connectivity index (χ3n) is 2.19. The second-order valence-electron chi connectivity index (χ2n) is 3.01. The van der Waals surface area contributed by atoms with Crippen LogP contribution in [0.4, 0.5) is 0 Å². The van der Waals surface area contributed by atoms with Crippen LogP contribution in [0.3, 0.4) is 0 Å². The van der Waals surface area contributed by atoms with Crippen molar-refractivity contribution >= 4 is 5.78 Å². The van der Waals surface area contributed by atoms with Crippen molar-refractivity contribution in [1.82, 2.24) is 0 Å². The number of ether oxygens (including phenoxy) is 1. The van der Waals surface area contributed by atoms with Crippen molar-refractivity contribution in [1.29, 1.82) is 0 Å². The molecule has 68 valence electrons. The Hall–Kier alpha value is -0.790. The number of rotatable bonds is 3. The first-order valence-corrected chi connectivity index (χ1v) is 4.65. The molecule has 1 unspecified atom stereocenters. The fraction of sp³-hybridized carbons (Fsp3) is 0.700. The summed E-state index contributed by atoms with van der Waals surface area (Å²) in [5, 5.41) is 0. The van der Waals surface area contributed by atoms with Crippen molar-refractivity contribution in [3.05, 3.63) is 11.8 Å². The molecular formula is C10H16O2. The lowest BCUT2D eigenvalue weighted by atomic mass is 9.90. The van der Waals surface area contributed by atoms with Crippen molar-refractivity contribution < 1.29 is 9.53 Å². The van der Waals surface area contributed by atoms with Gasteiger partial charge in [-0.05, 0) is 25.8 Å². The van der Waals surface area contributed by atoms with Crippen molar-refractivity contribution in [2.24, 2.45) is 5.92 Å². The minimum Gasteiger partial charge on any atom is -0.498 e. The number of allylic oxidation sites excluding steroid dienone is 2. The monoisotopic (exact) mass is 168 g/mol. The zero-order valence-corrected chi connectivity index (χ0v) is 7.80. The summed E-state index contributed by atoms with van der Waals surface area (Å²) >= 11 is 0. The maximum Gasteiger partial charge on any atom is 0.143 e. The lowest BCUT2D eigenvalue weighted by molar-refractivity contribution is -0.123. The Morgan fingerprint density at radius 2 is 2.33 bits per heavy atom. The highest BCUT2D eigenvalue weighted by atomic mass is 16.5. The Bertz CT molecular complexity index is 194. The van der Waals surface area contributed by atoms with E-state index in [1.807, 2.05) is 13.8 Å². The average Bonchev–Trinajstić information content (AvgIpc) is 2.05. The predicted octanol–water partition coefficient (Wildman–Crippen LogP) is 2.30. The molecule has 12 heavy (non-hydrogen) atoms. The van der Waals surface area contributed by atoms with Crippen molar-refractivity contribution in [3.63, 3.8) is 0 Å². The Labute approximate surface area is 73.6 Å². The van der Waals surface area contributed by atoms with Gasteiger partial charge in [-0.3, -0.25) is 4.79 Å². The smallest absolute Gasteiger partial charge is 0.143 e. The Morgan fingerprint density at radius 1 is 1.58 bits per heavy atom. The van der Waals surface area contributed by atoms with Crippen LogP contribution in [0.1, 0.15) is 33.1 Å². The molecular weight excluding hydrogens is 152 g/mol. The van der Waals surface area contributed by atoms with Crippen LogP contribution >= 0.6 is 0 Å². The van der Waals surface area contributed by atoms with E-state index in [1.54, 1.807) is 0 Å². The van der Waals surface area contributed by atoms with Gasteiger partial charge in [0.2, 0.25) is 0 Å². The largest absolute Gasteiger partial charge is 0.498 e. The van der Waals surface area contributed by atoms with Crippen molar-refractivity contribution in [3.8, 4) is 0 Å². The minimum atomic E-state index is 0.0405. The molecule has 0 aromatic rings. The van der Waals surface area contributed by atoms with Crippen LogP contribution < -0.4 is 0 Å². The van der Waals surface area contributed by atoms with Gasteiger partial charge in [0.15, 0.2) is 0 Å². The van der Waals surface area contributed by atoms with Crippen LogP contribution in [0.25, 0.3) is 0 Å². The van der Waals surface area contributed by atoms with E-state index in [-0.39, 0.29) is 5.92 Å². The van der Waals surface area contributed by atoms with Gasteiger partial charge in [-0.1, -0.05) is 6.92 Å². The molecule has 0 aliphatic heterocycles. The van der Waals surface area contributed by atoms with Gasteiger partial charge in [0.25, 0.3) is 0 Å². The standard InChI is InChI=1S/C10H16O2/c1-3-8-9(11)6-5-7-10(8)12-4-2/h7-8H,3-6H2,1-2H3. The number of hydrogen-bond acceptors (Lipinski definition) is 2. The number of hydrogen-bond donors (Lipinski definition) is 0. The van der Waals surface area contributed by atoms with E-state index in [9.17, 15) is 4.79 Å². The van der Waals surface area contributed by atoms with E-state index >= 15 is 0 Å². The first-order chi connectivity index (χ1) is 5.79. The summed E-state index contributed by atoms with van der Waals surface area (Å²) in [7, 11) is 0. The van der Waals surface area contributed by atoms with Gasteiger partial charge >= 0.3 is 0 Å². The van der Waals surface area contributed by atoms with E-state index < -0.39 is 0 Å². The van der Waals surface area contributed by atoms with Crippen LogP contribution in [0.15, 0.2) is 11.8 Å². The molecule has 0 amide bonds. The summed E-state index contributed by atoms with van der Waals surface area (Å²) in [4.78, 5) is 11.4. The number of ketones is 1. The Balaban J connectivity index is 2.67. The molecule has 0 saturated heterocycles. The average molecular weight is 168 g/mol. The number of carbonyl (C=O) groups is 1. The molecule has 2 nitrogen and oxygen atoms in total. The maximum absolute atomic E-state index is 11.4. The zero-order valence-electron chi connectivity index (χ0n) is 7.80. The van der Waals surface area contributed by atoms with Gasteiger partial charge in [0.1, 0.15) is 11.5 Å². The minimum absolute atomic E-state index is 0.0405. The van der Waals surface area contributed by atoms with Gasteiger partial charge in [-0.15, -0.1) is 0 Å². The summed E-state index contributed by atoms with van der Waals surface area (Å²) in [5.41, 5.74) is 0. The molecule has 1 aliphatic rings. The molecule has 0 aromatic heterocycles. The molecule has 0 radical (unpaired) electrons. The molecule has 1 atom stereocenters. The molecule has 1 aliphatic carbocycles. The van der Waals surface area contributed by atoms with E-state index in [0.29, 0.717) is 18.8 Å². The highest BCUT2D eigenvalue weighted by Gasteiger charge is 2.24. The lowest BCUT2D eigenvalue weighted by Crippen LogP contribution is -2.21. The normalized spacial score (nSPS) is 23.7. The quantitative estimate of drug-likeness (QED) is 0.646. The van der Waals surface area contributed by atoms with Gasteiger partial charge < -0.3 is 4.74 Å². The summed E-state index contributed by atoms with van der Waals surface area (Å²) in [6.07, 6.45) is 4.46. The van der Waals surface area contributed by atoms with Gasteiger partial charge in [0, 0.05) is 6.42 Å². The zero-order chi connectivity index (χ0) is 8.97. The van der Waals surface area contributed by atoms with Crippen LogP contribution in [0.2, 0.25) is 0 Å². The molecule has 0 heterocycles. The summed E-state index contributed by atoms with van der Waals surface area (Å²) in [6, 6.07) is 0. The highest BCUT2D eigenvalue weighted by Crippen LogP contribution is 2.25. The van der Waals surface area contributed by atoms with Crippen LogP contribution in [0, 0.1) is 5.92 Å². The third kappa shape index (κ3) is 1.87. The molecule has 0 N–H and O–H groups in total. The lowest BCUT2D eigenvalue weighted by Gasteiger charge is -2.21. The second-order valence-corrected chi connectivity index (χ2v) is 3.01. The fourth-order valence-electron chi connectivity index (χ4n) is 1.59. The summed E-state index contributed by atoms with van der Waals surface area (Å²) in [5.74, 6) is 1.28.